The van der Waals surface area contributed by atoms with Crippen LogP contribution in [0.15, 0.2) is 4.52 Å². The van der Waals surface area contributed by atoms with E-state index in [9.17, 15) is 0 Å². The molecule has 0 saturated carbocycles. The first-order valence-corrected chi connectivity index (χ1v) is 5.59. The Bertz CT molecular complexity index is 299. The van der Waals surface area contributed by atoms with Crippen LogP contribution in [0.4, 0.5) is 0 Å². The highest BCUT2D eigenvalue weighted by molar-refractivity contribution is 6.20. The Labute approximate surface area is 95.0 Å². The zero-order valence-corrected chi connectivity index (χ0v) is 10.3. The molecule has 1 rings (SSSR count). The van der Waals surface area contributed by atoms with E-state index in [0.717, 1.165) is 0 Å². The molecule has 0 spiro atoms. The van der Waals surface area contributed by atoms with E-state index in [-0.39, 0.29) is 11.5 Å². The summed E-state index contributed by atoms with van der Waals surface area (Å²) in [6, 6.07) is 0. The van der Waals surface area contributed by atoms with Crippen LogP contribution in [0.25, 0.3) is 0 Å². The third-order valence-electron chi connectivity index (χ3n) is 2.00. The van der Waals surface area contributed by atoms with E-state index < -0.39 is 0 Å². The number of hydrogen-bond acceptors (Lipinski definition) is 4. The van der Waals surface area contributed by atoms with Crippen LogP contribution >= 0.6 is 11.6 Å². The zero-order valence-electron chi connectivity index (χ0n) is 9.53. The second kappa shape index (κ2) is 5.47. The second-order valence-electron chi connectivity index (χ2n) is 3.73. The molecule has 5 heteroatoms. The Balaban J connectivity index is 2.81. The molecule has 4 nitrogen and oxygen atoms in total. The summed E-state index contributed by atoms with van der Waals surface area (Å²) in [5.74, 6) is 1.33. The molecule has 15 heavy (non-hydrogen) atoms. The van der Waals surface area contributed by atoms with Crippen molar-refractivity contribution in [1.29, 1.82) is 0 Å². The van der Waals surface area contributed by atoms with Gasteiger partial charge in [0.15, 0.2) is 0 Å². The van der Waals surface area contributed by atoms with Crippen molar-refractivity contribution < 1.29 is 9.26 Å². The molecular weight excluding hydrogens is 216 g/mol. The molecule has 0 aliphatic carbocycles. The Morgan fingerprint density at radius 1 is 1.40 bits per heavy atom. The van der Waals surface area contributed by atoms with Gasteiger partial charge < -0.3 is 9.26 Å². The molecule has 2 unspecified atom stereocenters. The van der Waals surface area contributed by atoms with Crippen molar-refractivity contribution in [3.05, 3.63) is 11.7 Å². The van der Waals surface area contributed by atoms with E-state index in [2.05, 4.69) is 24.0 Å². The molecule has 1 aromatic heterocycles. The van der Waals surface area contributed by atoms with Crippen LogP contribution in [0, 0.1) is 5.92 Å². The van der Waals surface area contributed by atoms with Crippen LogP contribution in [0.1, 0.15) is 50.9 Å². The minimum atomic E-state index is -0.263. The summed E-state index contributed by atoms with van der Waals surface area (Å²) in [7, 11) is 0. The van der Waals surface area contributed by atoms with Crippen LogP contribution in [0.3, 0.4) is 0 Å². The lowest BCUT2D eigenvalue weighted by molar-refractivity contribution is 0.0217. The molecule has 0 aromatic carbocycles. The smallest absolute Gasteiger partial charge is 0.244 e. The van der Waals surface area contributed by atoms with E-state index in [1.54, 1.807) is 6.92 Å². The summed E-state index contributed by atoms with van der Waals surface area (Å²) in [6.07, 6.45) is -0.122. The van der Waals surface area contributed by atoms with Gasteiger partial charge in [-0.1, -0.05) is 19.0 Å². The number of alkyl halides is 1. The number of halogens is 1. The molecule has 0 fully saturated rings. The van der Waals surface area contributed by atoms with E-state index in [0.29, 0.717) is 24.2 Å². The average Bonchev–Trinajstić information content (AvgIpc) is 2.62. The van der Waals surface area contributed by atoms with Crippen LogP contribution in [-0.4, -0.2) is 16.7 Å². The number of rotatable bonds is 5. The zero-order chi connectivity index (χ0) is 11.4. The predicted octanol–water partition coefficient (Wildman–Crippen LogP) is 3.10. The van der Waals surface area contributed by atoms with Gasteiger partial charge in [-0.2, -0.15) is 4.98 Å². The van der Waals surface area contributed by atoms with Crippen molar-refractivity contribution in [2.24, 2.45) is 5.92 Å². The monoisotopic (exact) mass is 232 g/mol. The Morgan fingerprint density at radius 2 is 2.07 bits per heavy atom. The minimum absolute atomic E-state index is 0.122. The van der Waals surface area contributed by atoms with Gasteiger partial charge in [0.05, 0.1) is 0 Å². The van der Waals surface area contributed by atoms with Gasteiger partial charge in [0, 0.05) is 6.61 Å². The van der Waals surface area contributed by atoms with E-state index in [4.69, 9.17) is 20.9 Å². The van der Waals surface area contributed by atoms with Crippen molar-refractivity contribution in [3.8, 4) is 0 Å². The lowest BCUT2D eigenvalue weighted by Gasteiger charge is -2.16. The molecular formula is C10H17ClN2O2. The molecule has 0 N–H and O–H groups in total. The Kier molecular flexibility index (Phi) is 4.54. The van der Waals surface area contributed by atoms with Crippen LogP contribution in [0.2, 0.25) is 0 Å². The molecule has 2 atom stereocenters. The highest BCUT2D eigenvalue weighted by atomic mass is 35.5. The van der Waals surface area contributed by atoms with E-state index in [1.165, 1.54) is 0 Å². The van der Waals surface area contributed by atoms with Crippen LogP contribution < -0.4 is 0 Å². The fraction of sp³-hybridized carbons (Fsp3) is 0.800. The maximum Gasteiger partial charge on any atom is 0.244 e. The first kappa shape index (κ1) is 12.5. The van der Waals surface area contributed by atoms with Crippen LogP contribution in [0.5, 0.6) is 0 Å². The average molecular weight is 233 g/mol. The van der Waals surface area contributed by atoms with Gasteiger partial charge in [0.25, 0.3) is 0 Å². The first-order chi connectivity index (χ1) is 7.06. The van der Waals surface area contributed by atoms with Gasteiger partial charge in [-0.3, -0.25) is 0 Å². The quantitative estimate of drug-likeness (QED) is 0.732. The third-order valence-corrected chi connectivity index (χ3v) is 2.19. The summed E-state index contributed by atoms with van der Waals surface area (Å²) in [4.78, 5) is 4.22. The minimum Gasteiger partial charge on any atom is -0.370 e. The Hall–Kier alpha value is -0.610. The van der Waals surface area contributed by atoms with E-state index >= 15 is 0 Å². The van der Waals surface area contributed by atoms with E-state index in [1.807, 2.05) is 6.92 Å². The largest absolute Gasteiger partial charge is 0.370 e. The van der Waals surface area contributed by atoms with Gasteiger partial charge in [-0.05, 0) is 19.8 Å². The normalized spacial score (nSPS) is 15.6. The Morgan fingerprint density at radius 3 is 2.47 bits per heavy atom. The maximum absolute atomic E-state index is 5.84. The molecule has 0 radical (unpaired) electrons. The number of aromatic nitrogens is 2. The molecule has 1 aromatic rings. The molecule has 0 amide bonds. The fourth-order valence-electron chi connectivity index (χ4n) is 1.27. The fourth-order valence-corrected chi connectivity index (χ4v) is 1.36. The molecule has 0 saturated heterocycles. The van der Waals surface area contributed by atoms with Crippen LogP contribution in [-0.2, 0) is 4.74 Å². The van der Waals surface area contributed by atoms with Gasteiger partial charge in [-0.25, -0.2) is 0 Å². The lowest BCUT2D eigenvalue weighted by Crippen LogP contribution is -2.12. The molecule has 0 aliphatic rings. The SMILES string of the molecule is CCOC(c1noc(C(C)Cl)n1)C(C)C. The number of ether oxygens (including phenoxy) is 1. The number of hydrogen-bond donors (Lipinski definition) is 0. The maximum atomic E-state index is 5.84. The first-order valence-electron chi connectivity index (χ1n) is 5.15. The van der Waals surface area contributed by atoms with Crippen molar-refractivity contribution in [1.82, 2.24) is 10.1 Å². The third kappa shape index (κ3) is 3.18. The van der Waals surface area contributed by atoms with Crippen molar-refractivity contribution >= 4 is 11.6 Å². The van der Waals surface area contributed by atoms with Crippen molar-refractivity contribution in [3.63, 3.8) is 0 Å². The summed E-state index contributed by atoms with van der Waals surface area (Å²) < 4.78 is 10.6. The summed E-state index contributed by atoms with van der Waals surface area (Å²) in [6.45, 7) is 8.48. The molecule has 0 aliphatic heterocycles. The van der Waals surface area contributed by atoms with Gasteiger partial charge in [-0.15, -0.1) is 11.6 Å². The molecule has 86 valence electrons. The highest BCUT2D eigenvalue weighted by Crippen LogP contribution is 2.25. The standard InChI is InChI=1S/C10H17ClN2O2/c1-5-14-8(6(2)3)9-12-10(7(4)11)15-13-9/h6-8H,5H2,1-4H3. The molecule has 0 bridgehead atoms. The van der Waals surface area contributed by atoms with Gasteiger partial charge >= 0.3 is 0 Å². The highest BCUT2D eigenvalue weighted by Gasteiger charge is 2.23. The summed E-state index contributed by atoms with van der Waals surface area (Å²) >= 11 is 5.84. The van der Waals surface area contributed by atoms with Gasteiger partial charge in [0.1, 0.15) is 11.5 Å². The predicted molar refractivity (Wildman–Crippen MR) is 57.8 cm³/mol. The summed E-state index contributed by atoms with van der Waals surface area (Å²) in [5, 5.41) is 3.62. The number of nitrogens with zero attached hydrogens (tertiary/aromatic N) is 2. The molecule has 1 heterocycles. The van der Waals surface area contributed by atoms with Gasteiger partial charge in [0.2, 0.25) is 11.7 Å². The topological polar surface area (TPSA) is 48.2 Å². The van der Waals surface area contributed by atoms with Crippen molar-refractivity contribution in [2.75, 3.05) is 6.61 Å². The lowest BCUT2D eigenvalue weighted by atomic mass is 10.1. The summed E-state index contributed by atoms with van der Waals surface area (Å²) in [5.41, 5.74) is 0. The second-order valence-corrected chi connectivity index (χ2v) is 4.38. The van der Waals surface area contributed by atoms with Crippen molar-refractivity contribution in [2.45, 2.75) is 39.2 Å².